The monoisotopic (exact) mass is 380 g/mol. The first-order valence-electron chi connectivity index (χ1n) is 7.91. The maximum absolute atomic E-state index is 12.7. The second kappa shape index (κ2) is 7.89. The molecule has 0 aliphatic heterocycles. The number of amides is 1. The third kappa shape index (κ3) is 4.52. The summed E-state index contributed by atoms with van der Waals surface area (Å²) in [7, 11) is -2.28. The molecule has 134 valence electrons. The smallest absolute Gasteiger partial charge is 0.264 e. The molecule has 0 unspecified atom stereocenters. The molecule has 2 aromatic rings. The molecule has 0 heterocycles. The molecule has 0 saturated carbocycles. The number of carbonyl (C=O) groups excluding carboxylic acids is 1. The van der Waals surface area contributed by atoms with E-state index in [-0.39, 0.29) is 16.8 Å². The Kier molecular flexibility index (Phi) is 6.08. The van der Waals surface area contributed by atoms with E-state index in [4.69, 9.17) is 11.6 Å². The van der Waals surface area contributed by atoms with Gasteiger partial charge in [0, 0.05) is 23.7 Å². The van der Waals surface area contributed by atoms with Crippen molar-refractivity contribution in [3.8, 4) is 0 Å². The summed E-state index contributed by atoms with van der Waals surface area (Å²) in [6, 6.07) is 12.5. The Bertz CT molecular complexity index is 851. The highest BCUT2D eigenvalue weighted by Gasteiger charge is 2.22. The number of anilines is 1. The zero-order chi connectivity index (χ0) is 18.6. The molecular formula is C18H21ClN2O3S. The normalized spacial score (nSPS) is 12.5. The van der Waals surface area contributed by atoms with Gasteiger partial charge in [0.1, 0.15) is 0 Å². The average molecular weight is 381 g/mol. The molecule has 2 aromatic carbocycles. The van der Waals surface area contributed by atoms with E-state index in [0.29, 0.717) is 16.3 Å². The predicted molar refractivity (Wildman–Crippen MR) is 101 cm³/mol. The molecule has 2 rings (SSSR count). The van der Waals surface area contributed by atoms with Crippen LogP contribution in [0.2, 0.25) is 5.02 Å². The minimum Gasteiger partial charge on any atom is -0.350 e. The number of carbonyl (C=O) groups is 1. The SMILES string of the molecule is CC[C@@H](C)NC(=O)c1cccc(N(C)S(=O)(=O)c2ccc(Cl)cc2)c1. The average Bonchev–Trinajstić information content (AvgIpc) is 2.61. The maximum Gasteiger partial charge on any atom is 0.264 e. The Morgan fingerprint density at radius 1 is 1.20 bits per heavy atom. The Labute approximate surface area is 153 Å². The van der Waals surface area contributed by atoms with Gasteiger partial charge in [0.25, 0.3) is 15.9 Å². The van der Waals surface area contributed by atoms with Crippen LogP contribution in [0.15, 0.2) is 53.4 Å². The Hall–Kier alpha value is -2.05. The summed E-state index contributed by atoms with van der Waals surface area (Å²) in [5, 5.41) is 3.33. The number of nitrogens with zero attached hydrogens (tertiary/aromatic N) is 1. The fourth-order valence-corrected chi connectivity index (χ4v) is 3.47. The summed E-state index contributed by atoms with van der Waals surface area (Å²) in [5.74, 6) is -0.228. The molecule has 5 nitrogen and oxygen atoms in total. The molecule has 1 atom stereocenters. The van der Waals surface area contributed by atoms with E-state index < -0.39 is 10.0 Å². The Balaban J connectivity index is 2.30. The summed E-state index contributed by atoms with van der Waals surface area (Å²) in [5.41, 5.74) is 0.822. The first-order valence-corrected chi connectivity index (χ1v) is 9.73. The Morgan fingerprint density at radius 3 is 2.44 bits per heavy atom. The highest BCUT2D eigenvalue weighted by atomic mass is 35.5. The quantitative estimate of drug-likeness (QED) is 0.831. The molecule has 0 spiro atoms. The van der Waals surface area contributed by atoms with Gasteiger partial charge in [-0.3, -0.25) is 9.10 Å². The van der Waals surface area contributed by atoms with Crippen molar-refractivity contribution in [2.45, 2.75) is 31.2 Å². The van der Waals surface area contributed by atoms with Crippen LogP contribution in [0, 0.1) is 0 Å². The standard InChI is InChI=1S/C18H21ClN2O3S/c1-4-13(2)20-18(22)14-6-5-7-16(12-14)21(3)25(23,24)17-10-8-15(19)9-11-17/h5-13H,4H2,1-3H3,(H,20,22)/t13-/m1/s1. The van der Waals surface area contributed by atoms with E-state index >= 15 is 0 Å². The summed E-state index contributed by atoms with van der Waals surface area (Å²) in [6.07, 6.45) is 0.816. The van der Waals surface area contributed by atoms with Crippen molar-refractivity contribution in [2.75, 3.05) is 11.4 Å². The van der Waals surface area contributed by atoms with Gasteiger partial charge in [-0.25, -0.2) is 8.42 Å². The zero-order valence-corrected chi connectivity index (χ0v) is 15.9. The van der Waals surface area contributed by atoms with Crippen LogP contribution in [-0.4, -0.2) is 27.4 Å². The minimum absolute atomic E-state index is 0.0479. The summed E-state index contributed by atoms with van der Waals surface area (Å²) < 4.78 is 26.6. The van der Waals surface area contributed by atoms with Crippen molar-refractivity contribution in [3.63, 3.8) is 0 Å². The largest absolute Gasteiger partial charge is 0.350 e. The van der Waals surface area contributed by atoms with Gasteiger partial charge in [-0.15, -0.1) is 0 Å². The first kappa shape index (κ1) is 19.3. The molecule has 0 fully saturated rings. The molecule has 0 aromatic heterocycles. The van der Waals surface area contributed by atoms with Crippen LogP contribution in [0.5, 0.6) is 0 Å². The predicted octanol–water partition coefficient (Wildman–Crippen LogP) is 3.69. The van der Waals surface area contributed by atoms with Gasteiger partial charge in [0.05, 0.1) is 10.6 Å². The fourth-order valence-electron chi connectivity index (χ4n) is 2.16. The van der Waals surface area contributed by atoms with Gasteiger partial charge in [0.2, 0.25) is 0 Å². The summed E-state index contributed by atoms with van der Waals surface area (Å²) in [4.78, 5) is 12.4. The number of hydrogen-bond donors (Lipinski definition) is 1. The van der Waals surface area contributed by atoms with E-state index in [1.807, 2.05) is 13.8 Å². The zero-order valence-electron chi connectivity index (χ0n) is 14.4. The van der Waals surface area contributed by atoms with E-state index in [0.717, 1.165) is 10.7 Å². The highest BCUT2D eigenvalue weighted by molar-refractivity contribution is 7.92. The second-order valence-corrected chi connectivity index (χ2v) is 8.17. The lowest BCUT2D eigenvalue weighted by Crippen LogP contribution is -2.32. The molecule has 0 aliphatic rings. The summed E-state index contributed by atoms with van der Waals surface area (Å²) in [6.45, 7) is 3.90. The number of benzene rings is 2. The van der Waals surface area contributed by atoms with Crippen molar-refractivity contribution in [3.05, 3.63) is 59.1 Å². The lowest BCUT2D eigenvalue weighted by atomic mass is 10.1. The fraction of sp³-hybridized carbons (Fsp3) is 0.278. The van der Waals surface area contributed by atoms with E-state index in [1.54, 1.807) is 24.3 Å². The Morgan fingerprint density at radius 2 is 1.84 bits per heavy atom. The third-order valence-corrected chi connectivity index (χ3v) is 5.99. The van der Waals surface area contributed by atoms with Crippen molar-refractivity contribution >= 4 is 33.2 Å². The van der Waals surface area contributed by atoms with Crippen molar-refractivity contribution in [2.24, 2.45) is 0 Å². The number of rotatable bonds is 6. The second-order valence-electron chi connectivity index (χ2n) is 5.76. The maximum atomic E-state index is 12.7. The number of halogens is 1. The lowest BCUT2D eigenvalue weighted by molar-refractivity contribution is 0.0939. The van der Waals surface area contributed by atoms with Crippen LogP contribution >= 0.6 is 11.6 Å². The molecule has 0 saturated heterocycles. The lowest BCUT2D eigenvalue weighted by Gasteiger charge is -2.20. The van der Waals surface area contributed by atoms with Crippen molar-refractivity contribution in [1.82, 2.24) is 5.32 Å². The number of nitrogens with one attached hydrogen (secondary N) is 1. The van der Waals surface area contributed by atoms with E-state index in [2.05, 4.69) is 5.32 Å². The molecule has 25 heavy (non-hydrogen) atoms. The van der Waals surface area contributed by atoms with Crippen LogP contribution < -0.4 is 9.62 Å². The summed E-state index contributed by atoms with van der Waals surface area (Å²) >= 11 is 5.81. The van der Waals surface area contributed by atoms with Crippen molar-refractivity contribution < 1.29 is 13.2 Å². The van der Waals surface area contributed by atoms with E-state index in [9.17, 15) is 13.2 Å². The van der Waals surface area contributed by atoms with Gasteiger partial charge < -0.3 is 5.32 Å². The molecule has 1 N–H and O–H groups in total. The van der Waals surface area contributed by atoms with Crippen LogP contribution in [0.4, 0.5) is 5.69 Å². The van der Waals surface area contributed by atoms with Crippen LogP contribution in [0.3, 0.4) is 0 Å². The number of sulfonamides is 1. The first-order chi connectivity index (χ1) is 11.8. The van der Waals surface area contributed by atoms with Crippen LogP contribution in [0.1, 0.15) is 30.6 Å². The van der Waals surface area contributed by atoms with Gasteiger partial charge in [0.15, 0.2) is 0 Å². The molecule has 0 aliphatic carbocycles. The molecular weight excluding hydrogens is 360 g/mol. The third-order valence-electron chi connectivity index (χ3n) is 3.93. The number of hydrogen-bond acceptors (Lipinski definition) is 3. The topological polar surface area (TPSA) is 66.5 Å². The molecule has 0 bridgehead atoms. The van der Waals surface area contributed by atoms with Gasteiger partial charge >= 0.3 is 0 Å². The van der Waals surface area contributed by atoms with E-state index in [1.165, 1.54) is 31.3 Å². The highest BCUT2D eigenvalue weighted by Crippen LogP contribution is 2.24. The molecule has 0 radical (unpaired) electrons. The van der Waals surface area contributed by atoms with Crippen LogP contribution in [-0.2, 0) is 10.0 Å². The van der Waals surface area contributed by atoms with Crippen LogP contribution in [0.25, 0.3) is 0 Å². The van der Waals surface area contributed by atoms with Crippen molar-refractivity contribution in [1.29, 1.82) is 0 Å². The van der Waals surface area contributed by atoms with Gasteiger partial charge in [-0.05, 0) is 55.8 Å². The van der Waals surface area contributed by atoms with Gasteiger partial charge in [-0.1, -0.05) is 24.6 Å². The molecule has 1 amide bonds. The minimum atomic E-state index is -3.74. The van der Waals surface area contributed by atoms with Gasteiger partial charge in [-0.2, -0.15) is 0 Å². The molecule has 7 heteroatoms.